The maximum Gasteiger partial charge on any atom is 0.750 e. The summed E-state index contributed by atoms with van der Waals surface area (Å²) in [5.41, 5.74) is 0. The van der Waals surface area contributed by atoms with Crippen molar-refractivity contribution in [2.45, 2.75) is 0 Å². The molecule has 0 aliphatic heterocycles. The van der Waals surface area contributed by atoms with Crippen LogP contribution in [-0.2, 0) is 13.9 Å². The first-order chi connectivity index (χ1) is 6.68. The number of carbonyl (C=O) groups excluding carboxylic acids is 1. The summed E-state index contributed by atoms with van der Waals surface area (Å²) in [6.07, 6.45) is 0. The molecule has 0 heterocycles. The van der Waals surface area contributed by atoms with Crippen molar-refractivity contribution in [3.05, 3.63) is 30.3 Å². The molecule has 0 aromatic heterocycles. The van der Waals surface area contributed by atoms with E-state index >= 15 is 0 Å². The summed E-state index contributed by atoms with van der Waals surface area (Å²) in [5.74, 6) is -0.380. The van der Waals surface area contributed by atoms with Gasteiger partial charge in [0, 0.05) is 4.57 Å². The highest BCUT2D eigenvalue weighted by Crippen LogP contribution is 2.15. The molecule has 74 valence electrons. The van der Waals surface area contributed by atoms with Crippen molar-refractivity contribution in [3.8, 4) is 5.75 Å². The van der Waals surface area contributed by atoms with E-state index in [0.29, 0.717) is 5.75 Å². The molecule has 1 aromatic carbocycles. The standard InChI is InChI=1S/C8H7O5P/c9-8(13-14(10)11)6-12-7-4-2-1-3-5-7/h1-5H,6H2/p+1. The van der Waals surface area contributed by atoms with Crippen LogP contribution in [0, 0.1) is 0 Å². The van der Waals surface area contributed by atoms with E-state index in [1.54, 1.807) is 30.3 Å². The zero-order valence-electron chi connectivity index (χ0n) is 7.12. The first-order valence-electron chi connectivity index (χ1n) is 3.73. The van der Waals surface area contributed by atoms with Crippen LogP contribution in [-0.4, -0.2) is 17.5 Å². The largest absolute Gasteiger partial charge is 0.750 e. The fourth-order valence-corrected chi connectivity index (χ4v) is 0.999. The Labute approximate surface area is 81.2 Å². The van der Waals surface area contributed by atoms with Gasteiger partial charge >= 0.3 is 14.2 Å². The van der Waals surface area contributed by atoms with Gasteiger partial charge in [0.15, 0.2) is 6.61 Å². The molecule has 0 aliphatic rings. The Balaban J connectivity index is 2.34. The van der Waals surface area contributed by atoms with Crippen molar-refractivity contribution < 1.29 is 23.5 Å². The fraction of sp³-hybridized carbons (Fsp3) is 0.125. The van der Waals surface area contributed by atoms with Crippen molar-refractivity contribution in [2.24, 2.45) is 0 Å². The van der Waals surface area contributed by atoms with Crippen LogP contribution in [0.2, 0.25) is 0 Å². The maximum atomic E-state index is 10.7. The topological polar surface area (TPSA) is 72.8 Å². The van der Waals surface area contributed by atoms with Gasteiger partial charge in [0.25, 0.3) is 0 Å². The minimum atomic E-state index is -2.90. The molecule has 0 saturated carbocycles. The Bertz CT molecular complexity index is 324. The summed E-state index contributed by atoms with van der Waals surface area (Å²) in [6.45, 7) is -0.383. The lowest BCUT2D eigenvalue weighted by molar-refractivity contribution is -0.136. The molecule has 6 heteroatoms. The van der Waals surface area contributed by atoms with Gasteiger partial charge in [-0.05, 0) is 12.1 Å². The van der Waals surface area contributed by atoms with Crippen molar-refractivity contribution >= 4 is 14.2 Å². The minimum Gasteiger partial charge on any atom is -0.482 e. The lowest BCUT2D eigenvalue weighted by Crippen LogP contribution is -2.11. The van der Waals surface area contributed by atoms with Crippen molar-refractivity contribution in [2.75, 3.05) is 6.61 Å². The zero-order valence-corrected chi connectivity index (χ0v) is 8.02. The number of hydrogen-bond acceptors (Lipinski definition) is 4. The van der Waals surface area contributed by atoms with Gasteiger partial charge in [-0.2, -0.15) is 4.52 Å². The van der Waals surface area contributed by atoms with E-state index in [-0.39, 0.29) is 6.61 Å². The molecule has 0 bridgehead atoms. The van der Waals surface area contributed by atoms with Crippen molar-refractivity contribution in [1.82, 2.24) is 0 Å². The average molecular weight is 215 g/mol. The van der Waals surface area contributed by atoms with Gasteiger partial charge < -0.3 is 4.74 Å². The number of hydrogen-bond donors (Lipinski definition) is 1. The third-order valence-electron chi connectivity index (χ3n) is 1.28. The predicted molar refractivity (Wildman–Crippen MR) is 47.9 cm³/mol. The molecular formula is C8H8O5P+. The van der Waals surface area contributed by atoms with Crippen LogP contribution in [0.1, 0.15) is 0 Å². The Morgan fingerprint density at radius 1 is 1.36 bits per heavy atom. The van der Waals surface area contributed by atoms with E-state index in [2.05, 4.69) is 4.52 Å². The van der Waals surface area contributed by atoms with E-state index < -0.39 is 14.2 Å². The molecule has 5 nitrogen and oxygen atoms in total. The van der Waals surface area contributed by atoms with Crippen LogP contribution in [0.25, 0.3) is 0 Å². The van der Waals surface area contributed by atoms with Crippen LogP contribution in [0.4, 0.5) is 0 Å². The molecule has 1 unspecified atom stereocenters. The van der Waals surface area contributed by atoms with Crippen molar-refractivity contribution in [1.29, 1.82) is 0 Å². The smallest absolute Gasteiger partial charge is 0.482 e. The molecule has 0 saturated heterocycles. The summed E-state index contributed by atoms with van der Waals surface area (Å²) in [5, 5.41) is 0. The molecule has 0 amide bonds. The van der Waals surface area contributed by atoms with Gasteiger partial charge in [0.05, 0.1) is 0 Å². The summed E-state index contributed by atoms with van der Waals surface area (Å²) in [4.78, 5) is 19.0. The Morgan fingerprint density at radius 3 is 2.57 bits per heavy atom. The van der Waals surface area contributed by atoms with Gasteiger partial charge in [-0.25, -0.2) is 4.79 Å². The quantitative estimate of drug-likeness (QED) is 0.765. The summed E-state index contributed by atoms with van der Waals surface area (Å²) >= 11 is 0. The Morgan fingerprint density at radius 2 is 2.00 bits per heavy atom. The Hall–Kier alpha value is -1.45. The van der Waals surface area contributed by atoms with Gasteiger partial charge in [0.1, 0.15) is 5.75 Å². The van der Waals surface area contributed by atoms with E-state index in [0.717, 1.165) is 0 Å². The molecule has 0 spiro atoms. The highest BCUT2D eigenvalue weighted by Gasteiger charge is 2.20. The summed E-state index contributed by atoms with van der Waals surface area (Å²) in [6, 6.07) is 8.61. The average Bonchev–Trinajstić information content (AvgIpc) is 2.15. The molecule has 0 radical (unpaired) electrons. The van der Waals surface area contributed by atoms with Crippen LogP contribution < -0.4 is 4.74 Å². The van der Waals surface area contributed by atoms with E-state index in [9.17, 15) is 9.36 Å². The second-order valence-corrected chi connectivity index (χ2v) is 2.96. The normalized spacial score (nSPS) is 10.5. The summed E-state index contributed by atoms with van der Waals surface area (Å²) in [7, 11) is -2.90. The number of para-hydroxylation sites is 1. The number of rotatable bonds is 4. The van der Waals surface area contributed by atoms with E-state index in [1.165, 1.54) is 0 Å². The highest BCUT2D eigenvalue weighted by atomic mass is 31.1. The van der Waals surface area contributed by atoms with Crippen LogP contribution in [0.15, 0.2) is 30.3 Å². The second-order valence-electron chi connectivity index (χ2n) is 2.30. The molecular weight excluding hydrogens is 207 g/mol. The highest BCUT2D eigenvalue weighted by molar-refractivity contribution is 7.32. The molecule has 14 heavy (non-hydrogen) atoms. The van der Waals surface area contributed by atoms with E-state index in [4.69, 9.17) is 9.63 Å². The van der Waals surface area contributed by atoms with Crippen LogP contribution >= 0.6 is 8.25 Å². The number of ether oxygens (including phenoxy) is 1. The third kappa shape index (κ3) is 3.98. The van der Waals surface area contributed by atoms with Gasteiger partial charge in [-0.15, -0.1) is 4.89 Å². The molecule has 0 fully saturated rings. The zero-order chi connectivity index (χ0) is 10.4. The van der Waals surface area contributed by atoms with Gasteiger partial charge in [-0.3, -0.25) is 0 Å². The monoisotopic (exact) mass is 215 g/mol. The predicted octanol–water partition coefficient (Wildman–Crippen LogP) is 1.26. The number of benzene rings is 1. The first-order valence-corrected chi connectivity index (χ1v) is 4.86. The molecule has 1 aromatic rings. The van der Waals surface area contributed by atoms with Crippen molar-refractivity contribution in [3.63, 3.8) is 0 Å². The maximum absolute atomic E-state index is 10.7. The number of carbonyl (C=O) groups is 1. The molecule has 1 N–H and O–H groups in total. The molecule has 1 atom stereocenters. The Kier molecular flexibility index (Phi) is 4.04. The fourth-order valence-electron chi connectivity index (χ4n) is 0.772. The van der Waals surface area contributed by atoms with E-state index in [1.807, 2.05) is 0 Å². The first kappa shape index (κ1) is 10.6. The third-order valence-corrected chi connectivity index (χ3v) is 1.64. The summed E-state index contributed by atoms with van der Waals surface area (Å²) < 4.78 is 19.0. The van der Waals surface area contributed by atoms with Gasteiger partial charge in [-0.1, -0.05) is 18.2 Å². The van der Waals surface area contributed by atoms with Crippen LogP contribution in [0.3, 0.4) is 0 Å². The molecule has 0 aliphatic carbocycles. The minimum absolute atomic E-state index is 0.383. The van der Waals surface area contributed by atoms with Crippen LogP contribution in [0.5, 0.6) is 5.75 Å². The molecule has 1 rings (SSSR count). The lowest BCUT2D eigenvalue weighted by atomic mass is 10.3. The lowest BCUT2D eigenvalue weighted by Gasteiger charge is -2.00. The SMILES string of the molecule is O=C(COc1ccccc1)O[P+](=O)O. The second kappa shape index (κ2) is 5.32. The van der Waals surface area contributed by atoms with Gasteiger partial charge in [0.2, 0.25) is 0 Å².